The first-order chi connectivity index (χ1) is 13.5. The molecule has 1 amide bonds. The standard InChI is InChI=1S/C16H17ClF4N4O3S/c1-2-24(14(26)3-5-29(28)6-4-16(19,20)21)13-10-25(22-15(13)17)12-7-11(18)8-23(27)9-12/h7-10H,2-6H2,1H3. The molecule has 2 heterocycles. The van der Waals surface area contributed by atoms with Gasteiger partial charge in [-0.1, -0.05) is 11.6 Å². The van der Waals surface area contributed by atoms with Crippen LogP contribution in [0.2, 0.25) is 5.15 Å². The number of carbonyl (C=O) groups excluding carboxylic acids is 1. The van der Waals surface area contributed by atoms with E-state index in [2.05, 4.69) is 5.10 Å². The molecule has 2 rings (SSSR count). The second kappa shape index (κ2) is 9.53. The molecule has 0 spiro atoms. The lowest BCUT2D eigenvalue weighted by molar-refractivity contribution is -0.606. The van der Waals surface area contributed by atoms with Crippen molar-refractivity contribution in [1.82, 2.24) is 9.78 Å². The summed E-state index contributed by atoms with van der Waals surface area (Å²) in [6, 6.07) is 1.05. The van der Waals surface area contributed by atoms with E-state index in [-0.39, 0.29) is 40.0 Å². The van der Waals surface area contributed by atoms with Crippen molar-refractivity contribution in [3.05, 3.63) is 40.8 Å². The Balaban J connectivity index is 2.10. The van der Waals surface area contributed by atoms with Crippen LogP contribution in [0.25, 0.3) is 5.69 Å². The summed E-state index contributed by atoms with van der Waals surface area (Å²) in [5, 5.41) is 15.2. The molecule has 2 aromatic heterocycles. The van der Waals surface area contributed by atoms with Crippen molar-refractivity contribution < 1.29 is 31.3 Å². The predicted octanol–water partition coefficient (Wildman–Crippen LogP) is 2.74. The third-order valence-electron chi connectivity index (χ3n) is 3.78. The number of hydrogen-bond donors (Lipinski definition) is 0. The minimum Gasteiger partial charge on any atom is -0.619 e. The maximum atomic E-state index is 13.4. The molecule has 0 aliphatic heterocycles. The van der Waals surface area contributed by atoms with E-state index in [0.29, 0.717) is 0 Å². The van der Waals surface area contributed by atoms with Crippen molar-refractivity contribution in [2.75, 3.05) is 23.0 Å². The van der Waals surface area contributed by atoms with Crippen LogP contribution in [0, 0.1) is 11.0 Å². The van der Waals surface area contributed by atoms with Crippen LogP contribution in [-0.4, -0.2) is 44.1 Å². The van der Waals surface area contributed by atoms with E-state index in [9.17, 15) is 31.8 Å². The highest BCUT2D eigenvalue weighted by molar-refractivity contribution is 7.84. The molecule has 0 aromatic carbocycles. The Labute approximate surface area is 170 Å². The van der Waals surface area contributed by atoms with Gasteiger partial charge in [-0.05, 0) is 6.92 Å². The molecule has 0 fully saturated rings. The van der Waals surface area contributed by atoms with E-state index in [4.69, 9.17) is 11.6 Å². The smallest absolute Gasteiger partial charge is 0.390 e. The van der Waals surface area contributed by atoms with Crippen LogP contribution >= 0.6 is 11.6 Å². The number of hydrogen-bond acceptors (Lipinski definition) is 4. The summed E-state index contributed by atoms with van der Waals surface area (Å²) in [6.45, 7) is 1.80. The molecule has 1 unspecified atom stereocenters. The first-order valence-corrected chi connectivity index (χ1v) is 10.2. The van der Waals surface area contributed by atoms with Gasteiger partial charge in [-0.15, -0.1) is 0 Å². The molecule has 1 atom stereocenters. The number of pyridine rings is 1. The van der Waals surface area contributed by atoms with Crippen molar-refractivity contribution in [2.24, 2.45) is 0 Å². The second-order valence-electron chi connectivity index (χ2n) is 5.92. The zero-order valence-corrected chi connectivity index (χ0v) is 16.7. The minimum atomic E-state index is -4.41. The van der Waals surface area contributed by atoms with E-state index in [0.717, 1.165) is 23.1 Å². The van der Waals surface area contributed by atoms with E-state index >= 15 is 0 Å². The van der Waals surface area contributed by atoms with Crippen LogP contribution in [0.1, 0.15) is 19.8 Å². The van der Waals surface area contributed by atoms with Gasteiger partial charge < -0.3 is 10.1 Å². The number of anilines is 1. The van der Waals surface area contributed by atoms with Crippen molar-refractivity contribution in [3.63, 3.8) is 0 Å². The van der Waals surface area contributed by atoms with Gasteiger partial charge >= 0.3 is 6.18 Å². The lowest BCUT2D eigenvalue weighted by atomic mass is 10.3. The molecular formula is C16H17ClF4N4O3S. The predicted molar refractivity (Wildman–Crippen MR) is 98.7 cm³/mol. The summed E-state index contributed by atoms with van der Waals surface area (Å²) in [4.78, 5) is 13.7. The van der Waals surface area contributed by atoms with Crippen molar-refractivity contribution in [3.8, 4) is 5.69 Å². The zero-order valence-electron chi connectivity index (χ0n) is 15.2. The van der Waals surface area contributed by atoms with Crippen molar-refractivity contribution in [1.29, 1.82) is 0 Å². The van der Waals surface area contributed by atoms with Crippen LogP contribution in [0.3, 0.4) is 0 Å². The summed E-state index contributed by atoms with van der Waals surface area (Å²) < 4.78 is 63.0. The first-order valence-electron chi connectivity index (χ1n) is 8.37. The molecule has 29 heavy (non-hydrogen) atoms. The fourth-order valence-corrected chi connectivity index (χ4v) is 3.73. The molecule has 13 heteroatoms. The van der Waals surface area contributed by atoms with E-state index < -0.39 is 40.9 Å². The summed E-state index contributed by atoms with van der Waals surface area (Å²) in [7, 11) is -1.80. The summed E-state index contributed by atoms with van der Waals surface area (Å²) in [5.74, 6) is -2.10. The number of aromatic nitrogens is 3. The summed E-state index contributed by atoms with van der Waals surface area (Å²) in [6.07, 6.45) is -2.75. The van der Waals surface area contributed by atoms with Crippen LogP contribution in [0.15, 0.2) is 24.7 Å². The zero-order chi connectivity index (χ0) is 21.8. The molecule has 0 saturated heterocycles. The SMILES string of the molecule is CCN(C(=O)CCS(=O)CCC(F)(F)F)c1cn(-c2cc(F)c[n+]([O-])c2)nc1Cl. The summed E-state index contributed by atoms with van der Waals surface area (Å²) >= 11 is 6.07. The topological polar surface area (TPSA) is 82.1 Å². The van der Waals surface area contributed by atoms with Gasteiger partial charge in [0.05, 0.1) is 12.6 Å². The fourth-order valence-electron chi connectivity index (χ4n) is 2.44. The fraction of sp³-hybridized carbons (Fsp3) is 0.438. The Morgan fingerprint density at radius 3 is 2.66 bits per heavy atom. The van der Waals surface area contributed by atoms with Crippen LogP contribution < -0.4 is 9.63 Å². The number of alkyl halides is 3. The Morgan fingerprint density at radius 1 is 1.38 bits per heavy atom. The molecule has 2 aromatic rings. The number of rotatable bonds is 8. The molecule has 0 aliphatic carbocycles. The maximum absolute atomic E-state index is 13.4. The van der Waals surface area contributed by atoms with E-state index in [1.54, 1.807) is 6.92 Å². The molecular weight excluding hydrogens is 440 g/mol. The van der Waals surface area contributed by atoms with Gasteiger partial charge in [0.25, 0.3) is 0 Å². The molecule has 7 nitrogen and oxygen atoms in total. The number of carbonyl (C=O) groups is 1. The van der Waals surface area contributed by atoms with Crippen LogP contribution in [-0.2, 0) is 15.6 Å². The van der Waals surface area contributed by atoms with E-state index in [1.807, 2.05) is 0 Å². The van der Waals surface area contributed by atoms with Gasteiger partial charge in [-0.3, -0.25) is 9.00 Å². The lowest BCUT2D eigenvalue weighted by Gasteiger charge is -2.19. The third-order valence-corrected chi connectivity index (χ3v) is 5.36. The number of halogens is 5. The Kier molecular flexibility index (Phi) is 7.58. The Hall–Kier alpha value is -2.21. The Morgan fingerprint density at radius 2 is 2.07 bits per heavy atom. The monoisotopic (exact) mass is 456 g/mol. The molecule has 0 radical (unpaired) electrons. The molecule has 0 N–H and O–H groups in total. The normalized spacial score (nSPS) is 12.8. The highest BCUT2D eigenvalue weighted by atomic mass is 35.5. The Bertz CT molecular complexity index is 887. The largest absolute Gasteiger partial charge is 0.619 e. The van der Waals surface area contributed by atoms with Crippen LogP contribution in [0.5, 0.6) is 0 Å². The highest BCUT2D eigenvalue weighted by Crippen LogP contribution is 2.26. The van der Waals surface area contributed by atoms with Gasteiger partial charge in [0.1, 0.15) is 11.4 Å². The average molecular weight is 457 g/mol. The molecule has 0 saturated carbocycles. The quantitative estimate of drug-likeness (QED) is 0.347. The van der Waals surface area contributed by atoms with Gasteiger partial charge in [0.15, 0.2) is 11.0 Å². The second-order valence-corrected chi connectivity index (χ2v) is 7.98. The van der Waals surface area contributed by atoms with Gasteiger partial charge in [-0.2, -0.15) is 23.0 Å². The number of amides is 1. The van der Waals surface area contributed by atoms with E-state index in [1.165, 1.54) is 11.1 Å². The average Bonchev–Trinajstić information content (AvgIpc) is 2.99. The molecule has 160 valence electrons. The number of nitrogens with zero attached hydrogens (tertiary/aromatic N) is 4. The third kappa shape index (κ3) is 6.67. The minimum absolute atomic E-state index is 0.0740. The highest BCUT2D eigenvalue weighted by Gasteiger charge is 2.28. The van der Waals surface area contributed by atoms with Gasteiger partial charge in [0.2, 0.25) is 18.3 Å². The molecule has 0 bridgehead atoms. The summed E-state index contributed by atoms with van der Waals surface area (Å²) in [5.41, 5.74) is 0.242. The lowest BCUT2D eigenvalue weighted by Crippen LogP contribution is -2.31. The molecule has 0 aliphatic rings. The first kappa shape index (κ1) is 23.1. The maximum Gasteiger partial charge on any atom is 0.390 e. The van der Waals surface area contributed by atoms with Crippen LogP contribution in [0.4, 0.5) is 23.2 Å². The van der Waals surface area contributed by atoms with Gasteiger partial charge in [-0.25, -0.2) is 9.07 Å². The van der Waals surface area contributed by atoms with Crippen molar-refractivity contribution >= 4 is 34.0 Å². The van der Waals surface area contributed by atoms with Crippen molar-refractivity contribution in [2.45, 2.75) is 25.9 Å². The van der Waals surface area contributed by atoms with Gasteiger partial charge in [0, 0.05) is 41.3 Å².